The van der Waals surface area contributed by atoms with Crippen LogP contribution < -0.4 is 15.4 Å². The number of alkyl halides is 2. The Kier molecular flexibility index (Phi) is 6.75. The van der Waals surface area contributed by atoms with Crippen molar-refractivity contribution in [3.63, 3.8) is 0 Å². The number of methoxy groups -OCH3 is 1. The summed E-state index contributed by atoms with van der Waals surface area (Å²) < 4.78 is 37.3. The van der Waals surface area contributed by atoms with E-state index < -0.39 is 30.7 Å². The number of ether oxygens (including phenoxy) is 2. The first-order valence-corrected chi connectivity index (χ1v) is 7.30. The molecule has 0 spiro atoms. The molecule has 0 aliphatic heterocycles. The van der Waals surface area contributed by atoms with Gasteiger partial charge in [-0.25, -0.2) is 13.6 Å². The SMILES string of the molecule is COc1ccc(CNCC(F)(F)CNC(=O)OC(C)(C)C)cc1. The molecule has 0 saturated carbocycles. The number of rotatable bonds is 7. The van der Waals surface area contributed by atoms with Crippen molar-refractivity contribution in [2.24, 2.45) is 0 Å². The van der Waals surface area contributed by atoms with Crippen molar-refractivity contribution in [2.45, 2.75) is 38.8 Å². The zero-order valence-corrected chi connectivity index (χ0v) is 13.9. The van der Waals surface area contributed by atoms with Gasteiger partial charge in [-0.2, -0.15) is 0 Å². The number of nitrogens with one attached hydrogen (secondary N) is 2. The van der Waals surface area contributed by atoms with Gasteiger partial charge in [-0.05, 0) is 38.5 Å². The van der Waals surface area contributed by atoms with E-state index in [9.17, 15) is 13.6 Å². The van der Waals surface area contributed by atoms with Crippen LogP contribution in [-0.4, -0.2) is 37.8 Å². The van der Waals surface area contributed by atoms with Crippen LogP contribution in [0.4, 0.5) is 13.6 Å². The zero-order chi connectivity index (χ0) is 17.5. The van der Waals surface area contributed by atoms with Gasteiger partial charge in [-0.1, -0.05) is 12.1 Å². The summed E-state index contributed by atoms with van der Waals surface area (Å²) >= 11 is 0. The molecule has 0 aliphatic rings. The molecule has 23 heavy (non-hydrogen) atoms. The molecule has 130 valence electrons. The summed E-state index contributed by atoms with van der Waals surface area (Å²) in [6, 6.07) is 7.12. The molecule has 1 amide bonds. The van der Waals surface area contributed by atoms with E-state index in [1.165, 1.54) is 0 Å². The lowest BCUT2D eigenvalue weighted by molar-refractivity contribution is -0.00376. The fourth-order valence-corrected chi connectivity index (χ4v) is 1.71. The standard InChI is InChI=1S/C16H24F2N2O3/c1-15(2,3)23-14(21)20-11-16(17,18)10-19-9-12-5-7-13(22-4)8-6-12/h5-8,19H,9-11H2,1-4H3,(H,20,21). The molecule has 1 aromatic carbocycles. The quantitative estimate of drug-likeness (QED) is 0.807. The first-order chi connectivity index (χ1) is 10.6. The lowest BCUT2D eigenvalue weighted by Crippen LogP contribution is -2.44. The van der Waals surface area contributed by atoms with Crippen molar-refractivity contribution in [1.29, 1.82) is 0 Å². The van der Waals surface area contributed by atoms with Gasteiger partial charge in [0.25, 0.3) is 5.92 Å². The molecule has 0 atom stereocenters. The normalized spacial score (nSPS) is 11.9. The largest absolute Gasteiger partial charge is 0.497 e. The average Bonchev–Trinajstić information content (AvgIpc) is 2.44. The summed E-state index contributed by atoms with van der Waals surface area (Å²) in [6.45, 7) is 3.97. The van der Waals surface area contributed by atoms with Crippen molar-refractivity contribution in [1.82, 2.24) is 10.6 Å². The topological polar surface area (TPSA) is 59.6 Å². The Morgan fingerprint density at radius 2 is 1.74 bits per heavy atom. The highest BCUT2D eigenvalue weighted by Crippen LogP contribution is 2.14. The minimum absolute atomic E-state index is 0.298. The van der Waals surface area contributed by atoms with Gasteiger partial charge >= 0.3 is 6.09 Å². The molecule has 1 rings (SSSR count). The second kappa shape index (κ2) is 8.10. The number of amides is 1. The van der Waals surface area contributed by atoms with E-state index in [0.717, 1.165) is 5.56 Å². The lowest BCUT2D eigenvalue weighted by atomic mass is 10.2. The highest BCUT2D eigenvalue weighted by Gasteiger charge is 2.30. The molecule has 5 nitrogen and oxygen atoms in total. The number of benzene rings is 1. The van der Waals surface area contributed by atoms with E-state index in [0.29, 0.717) is 12.3 Å². The van der Waals surface area contributed by atoms with Crippen LogP contribution >= 0.6 is 0 Å². The molecule has 0 bridgehead atoms. The molecule has 0 radical (unpaired) electrons. The Bertz CT molecular complexity index is 499. The third kappa shape index (κ3) is 8.35. The van der Waals surface area contributed by atoms with E-state index in [4.69, 9.17) is 9.47 Å². The van der Waals surface area contributed by atoms with E-state index in [2.05, 4.69) is 10.6 Å². The van der Waals surface area contributed by atoms with Crippen molar-refractivity contribution in [3.05, 3.63) is 29.8 Å². The van der Waals surface area contributed by atoms with Gasteiger partial charge in [0.05, 0.1) is 20.2 Å². The Labute approximate surface area is 135 Å². The fraction of sp³-hybridized carbons (Fsp3) is 0.562. The monoisotopic (exact) mass is 330 g/mol. The highest BCUT2D eigenvalue weighted by atomic mass is 19.3. The van der Waals surface area contributed by atoms with Crippen LogP contribution in [0.25, 0.3) is 0 Å². The van der Waals surface area contributed by atoms with Crippen LogP contribution in [0.3, 0.4) is 0 Å². The average molecular weight is 330 g/mol. The molecule has 0 fully saturated rings. The summed E-state index contributed by atoms with van der Waals surface area (Å²) in [5.74, 6) is -2.36. The second-order valence-corrected chi connectivity index (χ2v) is 6.16. The van der Waals surface area contributed by atoms with Gasteiger partial charge in [0, 0.05) is 6.54 Å². The number of carbonyl (C=O) groups excluding carboxylic acids is 1. The number of hydrogen-bond donors (Lipinski definition) is 2. The maximum atomic E-state index is 13.7. The summed E-state index contributed by atoms with van der Waals surface area (Å²) in [4.78, 5) is 11.4. The van der Waals surface area contributed by atoms with E-state index >= 15 is 0 Å². The van der Waals surface area contributed by atoms with Gasteiger partial charge < -0.3 is 20.1 Å². The molecule has 2 N–H and O–H groups in total. The van der Waals surface area contributed by atoms with E-state index in [1.807, 2.05) is 0 Å². The van der Waals surface area contributed by atoms with Crippen LogP contribution in [0.15, 0.2) is 24.3 Å². The molecule has 0 aliphatic carbocycles. The van der Waals surface area contributed by atoms with Gasteiger partial charge in [-0.3, -0.25) is 0 Å². The highest BCUT2D eigenvalue weighted by molar-refractivity contribution is 5.67. The summed E-state index contributed by atoms with van der Waals surface area (Å²) in [5.41, 5.74) is 0.146. The Balaban J connectivity index is 2.32. The maximum Gasteiger partial charge on any atom is 0.407 e. The molecular weight excluding hydrogens is 306 g/mol. The lowest BCUT2D eigenvalue weighted by Gasteiger charge is -2.22. The van der Waals surface area contributed by atoms with Gasteiger partial charge in [0.1, 0.15) is 11.4 Å². The third-order valence-electron chi connectivity index (χ3n) is 2.76. The minimum atomic E-state index is -3.07. The first-order valence-electron chi connectivity index (χ1n) is 7.30. The van der Waals surface area contributed by atoms with Crippen LogP contribution in [-0.2, 0) is 11.3 Å². The summed E-state index contributed by atoms with van der Waals surface area (Å²) in [7, 11) is 1.56. The van der Waals surface area contributed by atoms with Crippen LogP contribution in [0.2, 0.25) is 0 Å². The first kappa shape index (κ1) is 19.2. The Hall–Kier alpha value is -1.89. The zero-order valence-electron chi connectivity index (χ0n) is 13.9. The Morgan fingerprint density at radius 1 is 1.13 bits per heavy atom. The molecule has 0 unspecified atom stereocenters. The smallest absolute Gasteiger partial charge is 0.407 e. The van der Waals surface area contributed by atoms with Crippen molar-refractivity contribution in [2.75, 3.05) is 20.2 Å². The number of carbonyl (C=O) groups is 1. The van der Waals surface area contributed by atoms with Gasteiger partial charge in [0.15, 0.2) is 0 Å². The van der Waals surface area contributed by atoms with E-state index in [1.54, 1.807) is 52.1 Å². The van der Waals surface area contributed by atoms with Gasteiger partial charge in [0.2, 0.25) is 0 Å². The van der Waals surface area contributed by atoms with Crippen molar-refractivity contribution < 1.29 is 23.0 Å². The minimum Gasteiger partial charge on any atom is -0.497 e. The second-order valence-electron chi connectivity index (χ2n) is 6.16. The van der Waals surface area contributed by atoms with Crippen LogP contribution in [0.1, 0.15) is 26.3 Å². The fourth-order valence-electron chi connectivity index (χ4n) is 1.71. The molecule has 0 heterocycles. The predicted molar refractivity (Wildman–Crippen MR) is 83.9 cm³/mol. The van der Waals surface area contributed by atoms with Crippen LogP contribution in [0.5, 0.6) is 5.75 Å². The summed E-state index contributed by atoms with van der Waals surface area (Å²) in [6.07, 6.45) is -0.854. The number of hydrogen-bond acceptors (Lipinski definition) is 4. The molecular formula is C16H24F2N2O3. The molecule has 0 aromatic heterocycles. The number of halogens is 2. The summed E-state index contributed by atoms with van der Waals surface area (Å²) in [5, 5.41) is 4.74. The third-order valence-corrected chi connectivity index (χ3v) is 2.76. The number of alkyl carbamates (subject to hydrolysis) is 1. The Morgan fingerprint density at radius 3 is 2.26 bits per heavy atom. The van der Waals surface area contributed by atoms with E-state index in [-0.39, 0.29) is 0 Å². The van der Waals surface area contributed by atoms with Gasteiger partial charge in [-0.15, -0.1) is 0 Å². The maximum absolute atomic E-state index is 13.7. The molecule has 0 saturated heterocycles. The molecule has 7 heteroatoms. The molecule has 1 aromatic rings. The van der Waals surface area contributed by atoms with Crippen molar-refractivity contribution in [3.8, 4) is 5.75 Å². The predicted octanol–water partition coefficient (Wildman–Crippen LogP) is 2.94. The van der Waals surface area contributed by atoms with Crippen molar-refractivity contribution >= 4 is 6.09 Å². The van der Waals surface area contributed by atoms with Crippen LogP contribution in [0, 0.1) is 0 Å².